The number of nitrogens with one attached hydrogen (secondary N) is 1. The van der Waals surface area contributed by atoms with Crippen molar-refractivity contribution in [1.82, 2.24) is 14.7 Å². The largest absolute Gasteiger partial charge is 0.393 e. The van der Waals surface area contributed by atoms with E-state index in [1.54, 1.807) is 18.5 Å². The SMILES string of the molecule is O=C(N[C@@H](Cc1ccccc1)C1CC(O)C1)c1ccc2nccn2c1. The first kappa shape index (κ1) is 15.8. The third-order valence-electron chi connectivity index (χ3n) is 4.98. The monoisotopic (exact) mass is 335 g/mol. The van der Waals surface area contributed by atoms with Crippen LogP contribution < -0.4 is 5.32 Å². The normalized spacial score (nSPS) is 20.8. The maximum atomic E-state index is 12.7. The number of benzene rings is 1. The van der Waals surface area contributed by atoms with Gasteiger partial charge in [-0.2, -0.15) is 0 Å². The summed E-state index contributed by atoms with van der Waals surface area (Å²) in [6, 6.07) is 13.8. The Labute approximate surface area is 146 Å². The van der Waals surface area contributed by atoms with Crippen molar-refractivity contribution < 1.29 is 9.90 Å². The van der Waals surface area contributed by atoms with Crippen LogP contribution in [0.4, 0.5) is 0 Å². The fourth-order valence-corrected chi connectivity index (χ4v) is 3.47. The van der Waals surface area contributed by atoms with Gasteiger partial charge in [0.05, 0.1) is 11.7 Å². The highest BCUT2D eigenvalue weighted by Crippen LogP contribution is 2.32. The van der Waals surface area contributed by atoms with Gasteiger partial charge in [-0.15, -0.1) is 0 Å². The summed E-state index contributed by atoms with van der Waals surface area (Å²) in [4.78, 5) is 16.9. The summed E-state index contributed by atoms with van der Waals surface area (Å²) in [5.74, 6) is 0.231. The highest BCUT2D eigenvalue weighted by atomic mass is 16.3. The molecule has 0 unspecified atom stereocenters. The quantitative estimate of drug-likeness (QED) is 0.753. The second kappa shape index (κ2) is 6.69. The van der Waals surface area contributed by atoms with E-state index in [9.17, 15) is 9.90 Å². The third kappa shape index (κ3) is 3.42. The van der Waals surface area contributed by atoms with Crippen LogP contribution in [0.25, 0.3) is 5.65 Å². The number of aromatic nitrogens is 2. The Morgan fingerprint density at radius 3 is 2.80 bits per heavy atom. The number of fused-ring (bicyclic) bond motifs is 1. The molecule has 1 aliphatic rings. The number of aliphatic hydroxyl groups is 1. The first-order valence-electron chi connectivity index (χ1n) is 8.64. The average molecular weight is 335 g/mol. The summed E-state index contributed by atoms with van der Waals surface area (Å²) < 4.78 is 1.84. The summed E-state index contributed by atoms with van der Waals surface area (Å²) >= 11 is 0. The third-order valence-corrected chi connectivity index (χ3v) is 4.98. The Morgan fingerprint density at radius 1 is 1.24 bits per heavy atom. The molecule has 1 aliphatic carbocycles. The van der Waals surface area contributed by atoms with E-state index in [4.69, 9.17) is 0 Å². The number of hydrogen-bond donors (Lipinski definition) is 2. The van der Waals surface area contributed by atoms with E-state index < -0.39 is 0 Å². The summed E-state index contributed by atoms with van der Waals surface area (Å²) in [5.41, 5.74) is 2.63. The van der Waals surface area contributed by atoms with Crippen molar-refractivity contribution in [2.24, 2.45) is 5.92 Å². The van der Waals surface area contributed by atoms with Crippen molar-refractivity contribution >= 4 is 11.6 Å². The zero-order chi connectivity index (χ0) is 17.2. The van der Waals surface area contributed by atoms with Crippen LogP contribution in [0.15, 0.2) is 61.1 Å². The molecule has 0 saturated heterocycles. The molecule has 1 saturated carbocycles. The number of pyridine rings is 1. The second-order valence-electron chi connectivity index (χ2n) is 6.77. The number of hydrogen-bond acceptors (Lipinski definition) is 3. The van der Waals surface area contributed by atoms with Gasteiger partial charge in [0.15, 0.2) is 0 Å². The van der Waals surface area contributed by atoms with Crippen LogP contribution in [0, 0.1) is 5.92 Å². The molecule has 0 spiro atoms. The fourth-order valence-electron chi connectivity index (χ4n) is 3.47. The van der Waals surface area contributed by atoms with Crippen molar-refractivity contribution in [1.29, 1.82) is 0 Å². The highest BCUT2D eigenvalue weighted by molar-refractivity contribution is 5.94. The van der Waals surface area contributed by atoms with Crippen molar-refractivity contribution in [2.75, 3.05) is 0 Å². The predicted octanol–water partition coefficient (Wildman–Crippen LogP) is 2.45. The minimum Gasteiger partial charge on any atom is -0.393 e. The van der Waals surface area contributed by atoms with Crippen LogP contribution in [0.1, 0.15) is 28.8 Å². The zero-order valence-electron chi connectivity index (χ0n) is 13.9. The lowest BCUT2D eigenvalue weighted by molar-refractivity contribution is 0.0239. The van der Waals surface area contributed by atoms with Crippen LogP contribution in [0.2, 0.25) is 0 Å². The Kier molecular flexibility index (Phi) is 4.24. The molecule has 25 heavy (non-hydrogen) atoms. The highest BCUT2D eigenvalue weighted by Gasteiger charge is 2.34. The van der Waals surface area contributed by atoms with Crippen molar-refractivity contribution in [3.8, 4) is 0 Å². The first-order valence-corrected chi connectivity index (χ1v) is 8.64. The van der Waals surface area contributed by atoms with Gasteiger partial charge in [0.1, 0.15) is 5.65 Å². The van der Waals surface area contributed by atoms with Crippen LogP contribution in [-0.2, 0) is 6.42 Å². The standard InChI is InChI=1S/C20H21N3O2/c24-17-11-16(12-17)18(10-14-4-2-1-3-5-14)22-20(25)15-6-7-19-21-8-9-23(19)13-15/h1-9,13,16-18,24H,10-12H2,(H,22,25)/t16?,17?,18-/m0/s1. The van der Waals surface area contributed by atoms with Crippen molar-refractivity contribution in [2.45, 2.75) is 31.4 Å². The second-order valence-corrected chi connectivity index (χ2v) is 6.77. The summed E-state index contributed by atoms with van der Waals surface area (Å²) in [5, 5.41) is 12.8. The molecule has 1 aromatic carbocycles. The molecular formula is C20H21N3O2. The molecule has 128 valence electrons. The van der Waals surface area contributed by atoms with E-state index in [1.807, 2.05) is 34.9 Å². The number of carbonyl (C=O) groups excluding carboxylic acids is 1. The fraction of sp³-hybridized carbons (Fsp3) is 0.300. The number of nitrogens with zero attached hydrogens (tertiary/aromatic N) is 2. The van der Waals surface area contributed by atoms with Gasteiger partial charge >= 0.3 is 0 Å². The Bertz CT molecular complexity index is 869. The van der Waals surface area contributed by atoms with Gasteiger partial charge in [-0.25, -0.2) is 4.98 Å². The van der Waals surface area contributed by atoms with Gasteiger partial charge in [-0.1, -0.05) is 30.3 Å². The molecule has 0 radical (unpaired) electrons. The maximum absolute atomic E-state index is 12.7. The maximum Gasteiger partial charge on any atom is 0.253 e. The van der Waals surface area contributed by atoms with Gasteiger partial charge < -0.3 is 14.8 Å². The van der Waals surface area contributed by atoms with Crippen LogP contribution in [-0.4, -0.2) is 32.5 Å². The average Bonchev–Trinajstić information content (AvgIpc) is 3.07. The lowest BCUT2D eigenvalue weighted by Crippen LogP contribution is -2.48. The van der Waals surface area contributed by atoms with E-state index in [-0.39, 0.29) is 18.1 Å². The number of aliphatic hydroxyl groups excluding tert-OH is 1. The van der Waals surface area contributed by atoms with Gasteiger partial charge in [-0.05, 0) is 42.9 Å². The van der Waals surface area contributed by atoms with Gasteiger partial charge in [0.25, 0.3) is 5.91 Å². The lowest BCUT2D eigenvalue weighted by atomic mass is 9.75. The van der Waals surface area contributed by atoms with Crippen LogP contribution in [0.5, 0.6) is 0 Å². The summed E-state index contributed by atoms with van der Waals surface area (Å²) in [6.45, 7) is 0. The molecule has 1 fully saturated rings. The molecule has 5 nitrogen and oxygen atoms in total. The Hall–Kier alpha value is -2.66. The number of rotatable bonds is 5. The van der Waals surface area contributed by atoms with Crippen LogP contribution >= 0.6 is 0 Å². The minimum atomic E-state index is -0.234. The topological polar surface area (TPSA) is 66.6 Å². The minimum absolute atomic E-state index is 0.0248. The van der Waals surface area contributed by atoms with E-state index in [1.165, 1.54) is 5.56 Å². The zero-order valence-corrected chi connectivity index (χ0v) is 13.9. The Morgan fingerprint density at radius 2 is 2.04 bits per heavy atom. The number of carbonyl (C=O) groups is 1. The van der Waals surface area contributed by atoms with Gasteiger partial charge in [-0.3, -0.25) is 4.79 Å². The van der Waals surface area contributed by atoms with E-state index in [0.29, 0.717) is 11.5 Å². The number of amides is 1. The molecule has 5 heteroatoms. The molecule has 1 amide bonds. The van der Waals surface area contributed by atoms with Gasteiger partial charge in [0.2, 0.25) is 0 Å². The molecule has 0 bridgehead atoms. The predicted molar refractivity (Wildman–Crippen MR) is 95.3 cm³/mol. The van der Waals surface area contributed by atoms with Crippen molar-refractivity contribution in [3.05, 3.63) is 72.2 Å². The smallest absolute Gasteiger partial charge is 0.253 e. The molecule has 2 aromatic heterocycles. The van der Waals surface area contributed by atoms with Crippen LogP contribution in [0.3, 0.4) is 0 Å². The first-order chi connectivity index (χ1) is 12.2. The van der Waals surface area contributed by atoms with Crippen molar-refractivity contribution in [3.63, 3.8) is 0 Å². The summed E-state index contributed by atoms with van der Waals surface area (Å²) in [7, 11) is 0. The molecule has 2 N–H and O–H groups in total. The molecule has 2 heterocycles. The van der Waals surface area contributed by atoms with E-state index in [0.717, 1.165) is 24.9 Å². The van der Waals surface area contributed by atoms with E-state index in [2.05, 4.69) is 22.4 Å². The molecular weight excluding hydrogens is 314 g/mol. The summed E-state index contributed by atoms with van der Waals surface area (Å²) in [6.07, 6.45) is 7.38. The van der Waals surface area contributed by atoms with E-state index >= 15 is 0 Å². The lowest BCUT2D eigenvalue weighted by Gasteiger charge is -2.38. The molecule has 3 aromatic rings. The molecule has 0 aliphatic heterocycles. The number of imidazole rings is 1. The Balaban J connectivity index is 1.51. The molecule has 1 atom stereocenters. The van der Waals surface area contributed by atoms with Gasteiger partial charge in [0, 0.05) is 24.6 Å². The molecule has 4 rings (SSSR count).